The first-order valence-electron chi connectivity index (χ1n) is 12.0. The topological polar surface area (TPSA) is 65.4 Å². The van der Waals surface area contributed by atoms with E-state index in [1.54, 1.807) is 6.07 Å². The Bertz CT molecular complexity index is 974. The highest BCUT2D eigenvalue weighted by molar-refractivity contribution is 6.74. The second kappa shape index (κ2) is 10.6. The van der Waals surface area contributed by atoms with Crippen LogP contribution in [0, 0.1) is 5.82 Å². The Morgan fingerprint density at radius 2 is 1.79 bits per heavy atom. The number of alkyl carbamates (subject to hydrolysis) is 1. The number of halogens is 1. The molecule has 1 aromatic heterocycles. The number of hydrogen-bond acceptors (Lipinski definition) is 4. The van der Waals surface area contributed by atoms with Crippen molar-refractivity contribution >= 4 is 14.4 Å². The summed E-state index contributed by atoms with van der Waals surface area (Å²) in [5.41, 5.74) is 1.81. The van der Waals surface area contributed by atoms with Crippen LogP contribution >= 0.6 is 0 Å². The van der Waals surface area contributed by atoms with E-state index in [1.807, 2.05) is 37.6 Å². The van der Waals surface area contributed by atoms with E-state index in [4.69, 9.17) is 14.3 Å². The summed E-state index contributed by atoms with van der Waals surface area (Å²) >= 11 is 0. The molecule has 1 unspecified atom stereocenters. The number of amides is 1. The van der Waals surface area contributed by atoms with Crippen molar-refractivity contribution in [1.29, 1.82) is 0 Å². The zero-order valence-corrected chi connectivity index (χ0v) is 23.5. The average Bonchev–Trinajstić information content (AvgIpc) is 3.11. The van der Waals surface area contributed by atoms with Crippen LogP contribution in [0.5, 0.6) is 0 Å². The fraction of sp³-hybridized carbons (Fsp3) is 0.615. The maximum absolute atomic E-state index is 13.9. The van der Waals surface area contributed by atoms with Crippen molar-refractivity contribution in [1.82, 2.24) is 15.1 Å². The number of carbonyl (C=O) groups is 1. The van der Waals surface area contributed by atoms with Gasteiger partial charge in [-0.15, -0.1) is 0 Å². The molecular formula is C26H42FN3O3Si. The number of aromatic nitrogens is 2. The van der Waals surface area contributed by atoms with Crippen molar-refractivity contribution in [2.24, 2.45) is 0 Å². The summed E-state index contributed by atoms with van der Waals surface area (Å²) in [6.07, 6.45) is -0.478. The van der Waals surface area contributed by atoms with Crippen molar-refractivity contribution in [3.63, 3.8) is 0 Å². The molecule has 0 aliphatic heterocycles. The lowest BCUT2D eigenvalue weighted by Gasteiger charge is -2.37. The lowest BCUT2D eigenvalue weighted by atomic mass is 10.1. The molecule has 2 aromatic rings. The lowest BCUT2D eigenvalue weighted by molar-refractivity contribution is 0.0513. The molecule has 0 spiro atoms. The summed E-state index contributed by atoms with van der Waals surface area (Å²) in [4.78, 5) is 12.4. The van der Waals surface area contributed by atoms with Crippen LogP contribution in [0.4, 0.5) is 9.18 Å². The lowest BCUT2D eigenvalue weighted by Crippen LogP contribution is -2.44. The molecule has 0 fully saturated rings. The summed E-state index contributed by atoms with van der Waals surface area (Å²) < 4.78 is 27.8. The molecule has 190 valence electrons. The first-order chi connectivity index (χ1) is 15.5. The SMILES string of the molecule is CC(C)c1cc(-c2cccc(F)c2)nn1C(CNC(=O)OC(C)(C)C)CO[Si](C)(C)C(C)(C)C. The van der Waals surface area contributed by atoms with Crippen molar-refractivity contribution in [3.05, 3.63) is 41.8 Å². The van der Waals surface area contributed by atoms with Gasteiger partial charge in [0.1, 0.15) is 11.4 Å². The van der Waals surface area contributed by atoms with Crippen LogP contribution in [-0.4, -0.2) is 42.9 Å². The van der Waals surface area contributed by atoms with E-state index >= 15 is 0 Å². The molecule has 0 saturated heterocycles. The Kier molecular flexibility index (Phi) is 8.75. The predicted octanol–water partition coefficient (Wildman–Crippen LogP) is 6.90. The van der Waals surface area contributed by atoms with Gasteiger partial charge in [0.15, 0.2) is 8.32 Å². The van der Waals surface area contributed by atoms with E-state index in [-0.39, 0.29) is 22.8 Å². The molecule has 1 N–H and O–H groups in total. The van der Waals surface area contributed by atoms with E-state index in [2.05, 4.69) is 53.0 Å². The fourth-order valence-electron chi connectivity index (χ4n) is 3.17. The van der Waals surface area contributed by atoms with Crippen LogP contribution in [0.15, 0.2) is 30.3 Å². The van der Waals surface area contributed by atoms with Gasteiger partial charge in [-0.1, -0.05) is 46.8 Å². The first kappa shape index (κ1) is 28.0. The standard InChI is InChI=1S/C26H42FN3O3Si/c1-18(2)23-15-22(19-12-11-13-20(27)14-19)29-30(23)21(16-28-24(31)33-25(3,4)5)17-32-34(9,10)26(6,7)8/h11-15,18,21H,16-17H2,1-10H3,(H,28,31). The van der Waals surface area contributed by atoms with Crippen LogP contribution in [0.1, 0.15) is 73.0 Å². The average molecular weight is 492 g/mol. The largest absolute Gasteiger partial charge is 0.444 e. The van der Waals surface area contributed by atoms with Crippen molar-refractivity contribution in [2.75, 3.05) is 13.2 Å². The van der Waals surface area contributed by atoms with Gasteiger partial charge in [-0.25, -0.2) is 9.18 Å². The van der Waals surface area contributed by atoms with Gasteiger partial charge in [0, 0.05) is 17.8 Å². The zero-order chi connectivity index (χ0) is 25.9. The Balaban J connectivity index is 2.40. The van der Waals surface area contributed by atoms with Gasteiger partial charge >= 0.3 is 6.09 Å². The Morgan fingerprint density at radius 1 is 1.15 bits per heavy atom. The maximum Gasteiger partial charge on any atom is 0.407 e. The third kappa shape index (κ3) is 7.66. The van der Waals surface area contributed by atoms with Crippen molar-refractivity contribution in [2.45, 2.75) is 91.1 Å². The number of hydrogen-bond donors (Lipinski definition) is 1. The number of nitrogens with zero attached hydrogens (tertiary/aromatic N) is 2. The smallest absolute Gasteiger partial charge is 0.407 e. The molecule has 0 aliphatic rings. The molecule has 0 saturated carbocycles. The molecule has 34 heavy (non-hydrogen) atoms. The number of nitrogens with one attached hydrogen (secondary N) is 1. The number of rotatable bonds is 8. The highest BCUT2D eigenvalue weighted by Crippen LogP contribution is 2.37. The minimum atomic E-state index is -2.04. The van der Waals surface area contributed by atoms with E-state index in [0.717, 1.165) is 5.69 Å². The highest BCUT2D eigenvalue weighted by Gasteiger charge is 2.38. The van der Waals surface area contributed by atoms with Gasteiger partial charge < -0.3 is 14.5 Å². The number of benzene rings is 1. The van der Waals surface area contributed by atoms with Crippen LogP contribution < -0.4 is 5.32 Å². The second-order valence-corrected chi connectivity index (χ2v) is 16.5. The Hall–Kier alpha value is -2.19. The van der Waals surface area contributed by atoms with Gasteiger partial charge in [0.2, 0.25) is 0 Å². The van der Waals surface area contributed by atoms with Crippen LogP contribution in [-0.2, 0) is 9.16 Å². The summed E-state index contributed by atoms with van der Waals surface area (Å²) in [7, 11) is -2.04. The number of carbonyl (C=O) groups excluding carboxylic acids is 1. The molecule has 6 nitrogen and oxygen atoms in total. The fourth-order valence-corrected chi connectivity index (χ4v) is 4.22. The molecule has 1 atom stereocenters. The van der Waals surface area contributed by atoms with Gasteiger partial charge in [-0.3, -0.25) is 4.68 Å². The molecule has 2 rings (SSSR count). The molecular weight excluding hydrogens is 449 g/mol. The molecule has 0 bridgehead atoms. The zero-order valence-electron chi connectivity index (χ0n) is 22.5. The highest BCUT2D eigenvalue weighted by atomic mass is 28.4. The molecule has 1 aromatic carbocycles. The van der Waals surface area contributed by atoms with Crippen molar-refractivity contribution < 1.29 is 18.3 Å². The summed E-state index contributed by atoms with van der Waals surface area (Å²) in [5.74, 6) is -0.130. The minimum absolute atomic E-state index is 0.0495. The maximum atomic E-state index is 13.9. The van der Waals surface area contributed by atoms with Gasteiger partial charge in [0.05, 0.1) is 18.3 Å². The van der Waals surface area contributed by atoms with Crippen LogP contribution in [0.3, 0.4) is 0 Å². The normalized spacial score (nSPS) is 13.8. The van der Waals surface area contributed by atoms with Gasteiger partial charge in [-0.2, -0.15) is 5.10 Å². The Labute approximate surface area is 205 Å². The quantitative estimate of drug-likeness (QED) is 0.408. The molecule has 0 aliphatic carbocycles. The van der Waals surface area contributed by atoms with Crippen LogP contribution in [0.2, 0.25) is 18.1 Å². The Morgan fingerprint density at radius 3 is 2.32 bits per heavy atom. The third-order valence-electron chi connectivity index (χ3n) is 6.15. The number of ether oxygens (including phenoxy) is 1. The summed E-state index contributed by atoms with van der Waals surface area (Å²) in [6.45, 7) is 21.4. The molecule has 1 amide bonds. The van der Waals surface area contributed by atoms with E-state index in [1.165, 1.54) is 12.1 Å². The van der Waals surface area contributed by atoms with Crippen molar-refractivity contribution in [3.8, 4) is 11.3 Å². The summed E-state index contributed by atoms with van der Waals surface area (Å²) in [6, 6.07) is 8.18. The van der Waals surface area contributed by atoms with Gasteiger partial charge in [-0.05, 0) is 63.0 Å². The third-order valence-corrected chi connectivity index (χ3v) is 10.6. The predicted molar refractivity (Wildman–Crippen MR) is 138 cm³/mol. The van der Waals surface area contributed by atoms with Gasteiger partial charge in [0.25, 0.3) is 0 Å². The minimum Gasteiger partial charge on any atom is -0.444 e. The van der Waals surface area contributed by atoms with E-state index < -0.39 is 20.0 Å². The molecule has 1 heterocycles. The van der Waals surface area contributed by atoms with Crippen LogP contribution in [0.25, 0.3) is 11.3 Å². The van der Waals surface area contributed by atoms with E-state index in [0.29, 0.717) is 24.4 Å². The molecule has 0 radical (unpaired) electrons. The second-order valence-electron chi connectivity index (χ2n) is 11.7. The van der Waals surface area contributed by atoms with E-state index in [9.17, 15) is 9.18 Å². The molecule has 8 heteroatoms. The monoisotopic (exact) mass is 491 g/mol. The first-order valence-corrected chi connectivity index (χ1v) is 14.9. The summed E-state index contributed by atoms with van der Waals surface area (Å²) in [5, 5.41) is 7.79.